The molecule has 0 unspecified atom stereocenters. The molecule has 2 aromatic heterocycles. The maximum absolute atomic E-state index is 5.25. The molecule has 0 bridgehead atoms. The third-order valence-corrected chi connectivity index (χ3v) is 3.46. The van der Waals surface area contributed by atoms with Crippen LogP contribution in [0.25, 0.3) is 0 Å². The lowest BCUT2D eigenvalue weighted by atomic mass is 10.2. The van der Waals surface area contributed by atoms with E-state index in [-0.39, 0.29) is 29.9 Å². The highest BCUT2D eigenvalue weighted by molar-refractivity contribution is 14.0. The zero-order valence-electron chi connectivity index (χ0n) is 15.6. The standard InChI is InChI=1S/C16H27N7O.HI/c1-6-17-16(22(4)10-13-9-19-23(5)11-13)18-8-7-14-20-15(12(2)3)21-24-14;/h9,11-12H,6-8,10H2,1-5H3,(H,17,18);1H. The van der Waals surface area contributed by atoms with Crippen LogP contribution in [-0.2, 0) is 20.0 Å². The molecule has 0 aliphatic rings. The molecule has 0 saturated carbocycles. The predicted molar refractivity (Wildman–Crippen MR) is 108 cm³/mol. The average Bonchev–Trinajstić information content (AvgIpc) is 3.15. The lowest BCUT2D eigenvalue weighted by Gasteiger charge is -2.21. The Hall–Kier alpha value is -1.65. The van der Waals surface area contributed by atoms with Crippen molar-refractivity contribution in [3.8, 4) is 0 Å². The summed E-state index contributed by atoms with van der Waals surface area (Å²) >= 11 is 0. The molecule has 0 amide bonds. The highest BCUT2D eigenvalue weighted by Crippen LogP contribution is 2.10. The van der Waals surface area contributed by atoms with Gasteiger partial charge in [-0.05, 0) is 6.92 Å². The lowest BCUT2D eigenvalue weighted by molar-refractivity contribution is 0.372. The van der Waals surface area contributed by atoms with Crippen LogP contribution in [0.5, 0.6) is 0 Å². The van der Waals surface area contributed by atoms with E-state index in [0.717, 1.165) is 30.4 Å². The first-order valence-electron chi connectivity index (χ1n) is 8.29. The number of nitrogens with one attached hydrogen (secondary N) is 1. The number of aliphatic imine (C=N–C) groups is 1. The fraction of sp³-hybridized carbons (Fsp3) is 0.625. The Labute approximate surface area is 166 Å². The molecule has 0 fully saturated rings. The van der Waals surface area contributed by atoms with Crippen LogP contribution < -0.4 is 5.32 Å². The van der Waals surface area contributed by atoms with Crippen molar-refractivity contribution in [1.82, 2.24) is 30.1 Å². The van der Waals surface area contributed by atoms with Gasteiger partial charge in [-0.1, -0.05) is 19.0 Å². The van der Waals surface area contributed by atoms with Gasteiger partial charge in [-0.3, -0.25) is 9.67 Å². The van der Waals surface area contributed by atoms with E-state index in [2.05, 4.69) is 37.4 Å². The maximum atomic E-state index is 5.25. The molecule has 2 rings (SSSR count). The summed E-state index contributed by atoms with van der Waals surface area (Å²) in [6.45, 7) is 8.30. The quantitative estimate of drug-likeness (QED) is 0.387. The molecule has 0 atom stereocenters. The smallest absolute Gasteiger partial charge is 0.228 e. The molecule has 0 radical (unpaired) electrons. The van der Waals surface area contributed by atoms with E-state index in [1.54, 1.807) is 4.68 Å². The van der Waals surface area contributed by atoms with Crippen molar-refractivity contribution in [3.05, 3.63) is 29.7 Å². The minimum atomic E-state index is 0. The summed E-state index contributed by atoms with van der Waals surface area (Å²) in [5, 5.41) is 11.5. The fourth-order valence-corrected chi connectivity index (χ4v) is 2.23. The summed E-state index contributed by atoms with van der Waals surface area (Å²) in [4.78, 5) is 11.1. The number of hydrogen-bond donors (Lipinski definition) is 1. The van der Waals surface area contributed by atoms with E-state index >= 15 is 0 Å². The molecular weight excluding hydrogens is 433 g/mol. The van der Waals surface area contributed by atoms with Gasteiger partial charge in [-0.15, -0.1) is 24.0 Å². The summed E-state index contributed by atoms with van der Waals surface area (Å²) in [6, 6.07) is 0. The van der Waals surface area contributed by atoms with Gasteiger partial charge >= 0.3 is 0 Å². The van der Waals surface area contributed by atoms with E-state index < -0.39 is 0 Å². The zero-order chi connectivity index (χ0) is 17.5. The Morgan fingerprint density at radius 3 is 2.76 bits per heavy atom. The van der Waals surface area contributed by atoms with Crippen molar-refractivity contribution in [2.75, 3.05) is 20.1 Å². The van der Waals surface area contributed by atoms with E-state index in [1.165, 1.54) is 0 Å². The Kier molecular flexibility index (Phi) is 8.87. The van der Waals surface area contributed by atoms with Crippen LogP contribution in [-0.4, -0.2) is 50.9 Å². The predicted octanol–water partition coefficient (Wildman–Crippen LogP) is 2.18. The molecule has 0 aliphatic carbocycles. The number of hydrogen-bond acceptors (Lipinski definition) is 5. The average molecular weight is 461 g/mol. The third-order valence-electron chi connectivity index (χ3n) is 3.46. The molecule has 0 saturated heterocycles. The second kappa shape index (κ2) is 10.4. The van der Waals surface area contributed by atoms with Gasteiger partial charge in [-0.2, -0.15) is 10.1 Å². The normalized spacial score (nSPS) is 11.5. The first-order chi connectivity index (χ1) is 11.5. The summed E-state index contributed by atoms with van der Waals surface area (Å²) in [5.74, 6) is 2.50. The second-order valence-corrected chi connectivity index (χ2v) is 6.06. The van der Waals surface area contributed by atoms with Gasteiger partial charge < -0.3 is 14.7 Å². The van der Waals surface area contributed by atoms with Crippen LogP contribution in [0.2, 0.25) is 0 Å². The van der Waals surface area contributed by atoms with Crippen LogP contribution in [0.3, 0.4) is 0 Å². The van der Waals surface area contributed by atoms with Gasteiger partial charge in [-0.25, -0.2) is 0 Å². The highest BCUT2D eigenvalue weighted by Gasteiger charge is 2.10. The molecule has 0 aromatic carbocycles. The van der Waals surface area contributed by atoms with Crippen molar-refractivity contribution < 1.29 is 4.52 Å². The van der Waals surface area contributed by atoms with Crippen LogP contribution in [0.15, 0.2) is 21.9 Å². The Bertz CT molecular complexity index is 665. The van der Waals surface area contributed by atoms with E-state index in [4.69, 9.17) is 4.52 Å². The summed E-state index contributed by atoms with van der Waals surface area (Å²) in [5.41, 5.74) is 1.14. The van der Waals surface area contributed by atoms with Gasteiger partial charge in [0.2, 0.25) is 5.89 Å². The first-order valence-corrected chi connectivity index (χ1v) is 8.29. The maximum Gasteiger partial charge on any atom is 0.228 e. The summed E-state index contributed by atoms with van der Waals surface area (Å²) in [6.07, 6.45) is 4.51. The molecule has 1 N–H and O–H groups in total. The summed E-state index contributed by atoms with van der Waals surface area (Å²) < 4.78 is 7.05. The van der Waals surface area contributed by atoms with Gasteiger partial charge in [0.25, 0.3) is 0 Å². The van der Waals surface area contributed by atoms with Gasteiger partial charge in [0.05, 0.1) is 12.7 Å². The Morgan fingerprint density at radius 2 is 2.20 bits per heavy atom. The van der Waals surface area contributed by atoms with Crippen molar-refractivity contribution >= 4 is 29.9 Å². The fourth-order valence-electron chi connectivity index (χ4n) is 2.23. The van der Waals surface area contributed by atoms with Gasteiger partial charge in [0.15, 0.2) is 11.8 Å². The second-order valence-electron chi connectivity index (χ2n) is 6.06. The number of guanidine groups is 1. The summed E-state index contributed by atoms with van der Waals surface area (Å²) in [7, 11) is 3.93. The van der Waals surface area contributed by atoms with Crippen LogP contribution >= 0.6 is 24.0 Å². The SMILES string of the molecule is CCNC(=NCCc1nc(C(C)C)no1)N(C)Cc1cnn(C)c1.I. The van der Waals surface area contributed by atoms with Crippen LogP contribution in [0.4, 0.5) is 0 Å². The molecule has 140 valence electrons. The lowest BCUT2D eigenvalue weighted by Crippen LogP contribution is -2.38. The molecule has 2 heterocycles. The minimum absolute atomic E-state index is 0. The van der Waals surface area contributed by atoms with Gasteiger partial charge in [0, 0.05) is 51.3 Å². The van der Waals surface area contributed by atoms with Crippen LogP contribution in [0.1, 0.15) is 44.0 Å². The zero-order valence-corrected chi connectivity index (χ0v) is 17.9. The Balaban J connectivity index is 0.00000312. The molecule has 25 heavy (non-hydrogen) atoms. The highest BCUT2D eigenvalue weighted by atomic mass is 127. The molecule has 9 heteroatoms. The number of aromatic nitrogens is 4. The third kappa shape index (κ3) is 6.63. The van der Waals surface area contributed by atoms with E-state index in [0.29, 0.717) is 18.9 Å². The molecule has 0 spiro atoms. The van der Waals surface area contributed by atoms with E-state index in [9.17, 15) is 0 Å². The Morgan fingerprint density at radius 1 is 1.44 bits per heavy atom. The van der Waals surface area contributed by atoms with Crippen molar-refractivity contribution in [2.24, 2.45) is 12.0 Å². The largest absolute Gasteiger partial charge is 0.357 e. The first kappa shape index (κ1) is 21.4. The topological polar surface area (TPSA) is 84.4 Å². The molecule has 2 aromatic rings. The monoisotopic (exact) mass is 461 g/mol. The van der Waals surface area contributed by atoms with Crippen molar-refractivity contribution in [1.29, 1.82) is 0 Å². The van der Waals surface area contributed by atoms with Crippen molar-refractivity contribution in [2.45, 2.75) is 39.7 Å². The van der Waals surface area contributed by atoms with Crippen LogP contribution in [0, 0.1) is 0 Å². The number of halogens is 1. The van der Waals surface area contributed by atoms with Crippen molar-refractivity contribution in [3.63, 3.8) is 0 Å². The number of nitrogens with zero attached hydrogens (tertiary/aromatic N) is 6. The molecule has 0 aliphatic heterocycles. The van der Waals surface area contributed by atoms with E-state index in [1.807, 2.05) is 40.3 Å². The number of rotatable bonds is 7. The molecular formula is C16H28IN7O. The number of aryl methyl sites for hydroxylation is 1. The van der Waals surface area contributed by atoms with Gasteiger partial charge in [0.1, 0.15) is 0 Å². The minimum Gasteiger partial charge on any atom is -0.357 e. The molecule has 8 nitrogen and oxygen atoms in total.